The molecule has 0 saturated heterocycles. The van der Waals surface area contributed by atoms with Crippen LogP contribution < -0.4 is 10.6 Å². The molecular weight excluding hydrogens is 295 g/mol. The van der Waals surface area contributed by atoms with Crippen LogP contribution in [0.2, 0.25) is 0 Å². The molecule has 0 aliphatic carbocycles. The van der Waals surface area contributed by atoms with Gasteiger partial charge in [-0.2, -0.15) is 0 Å². The van der Waals surface area contributed by atoms with Crippen LogP contribution in [-0.2, 0) is 12.8 Å². The van der Waals surface area contributed by atoms with Crippen molar-refractivity contribution in [2.24, 2.45) is 11.7 Å². The summed E-state index contributed by atoms with van der Waals surface area (Å²) < 4.78 is 19.2. The van der Waals surface area contributed by atoms with E-state index in [9.17, 15) is 9.18 Å². The number of benzene rings is 1. The highest BCUT2D eigenvalue weighted by Crippen LogP contribution is 2.32. The van der Waals surface area contributed by atoms with Gasteiger partial charge in [0.25, 0.3) is 5.91 Å². The zero-order valence-electron chi connectivity index (χ0n) is 13.4. The summed E-state index contributed by atoms with van der Waals surface area (Å²) in [5.74, 6) is 1.14. The molecule has 0 saturated carbocycles. The maximum absolute atomic E-state index is 13.5. The van der Waals surface area contributed by atoms with Gasteiger partial charge in [0.1, 0.15) is 17.3 Å². The second-order valence-electron chi connectivity index (χ2n) is 6.04. The normalized spacial score (nSPS) is 17.2. The fraction of sp³-hybridized carbons (Fsp3) is 0.389. The van der Waals surface area contributed by atoms with Gasteiger partial charge < -0.3 is 15.1 Å². The summed E-state index contributed by atoms with van der Waals surface area (Å²) in [5.41, 5.74) is 7.99. The quantitative estimate of drug-likeness (QED) is 0.946. The first-order chi connectivity index (χ1) is 11.0. The number of carbonyl (C=O) groups excluding carboxylic acids is 1. The van der Waals surface area contributed by atoms with E-state index in [0.29, 0.717) is 37.3 Å². The van der Waals surface area contributed by atoms with Crippen LogP contribution in [0, 0.1) is 18.7 Å². The minimum absolute atomic E-state index is 0.107. The van der Waals surface area contributed by atoms with E-state index in [-0.39, 0.29) is 17.6 Å². The van der Waals surface area contributed by atoms with Crippen molar-refractivity contribution in [1.29, 1.82) is 0 Å². The highest BCUT2D eigenvalue weighted by molar-refractivity contribution is 6.07. The Kier molecular flexibility index (Phi) is 4.22. The number of nitrogens with two attached hydrogens (primary N) is 1. The van der Waals surface area contributed by atoms with Gasteiger partial charge in [-0.15, -0.1) is 0 Å². The summed E-state index contributed by atoms with van der Waals surface area (Å²) in [4.78, 5) is 14.7. The molecular formula is C18H21FN2O2. The number of rotatable bonds is 3. The Hall–Kier alpha value is -2.14. The van der Waals surface area contributed by atoms with Crippen LogP contribution in [-0.4, -0.2) is 19.0 Å². The Morgan fingerprint density at radius 1 is 1.43 bits per heavy atom. The summed E-state index contributed by atoms with van der Waals surface area (Å²) in [6.45, 7) is 4.79. The van der Waals surface area contributed by atoms with Crippen molar-refractivity contribution in [2.75, 3.05) is 18.0 Å². The van der Waals surface area contributed by atoms with E-state index in [1.807, 2.05) is 13.8 Å². The Morgan fingerprint density at radius 2 is 2.22 bits per heavy atom. The van der Waals surface area contributed by atoms with Crippen LogP contribution in [0.15, 0.2) is 28.7 Å². The molecule has 0 spiro atoms. The molecule has 0 bridgehead atoms. The van der Waals surface area contributed by atoms with Crippen LogP contribution in [0.3, 0.4) is 0 Å². The number of carbonyl (C=O) groups is 1. The van der Waals surface area contributed by atoms with Gasteiger partial charge in [-0.05, 0) is 55.6 Å². The Bertz CT molecular complexity index is 739. The van der Waals surface area contributed by atoms with E-state index in [1.54, 1.807) is 17.0 Å². The van der Waals surface area contributed by atoms with E-state index in [4.69, 9.17) is 10.2 Å². The van der Waals surface area contributed by atoms with Gasteiger partial charge in [0, 0.05) is 18.7 Å². The van der Waals surface area contributed by atoms with Crippen LogP contribution in [0.25, 0.3) is 0 Å². The van der Waals surface area contributed by atoms with Gasteiger partial charge in [0.2, 0.25) is 0 Å². The van der Waals surface area contributed by atoms with Gasteiger partial charge in [0.05, 0.1) is 5.56 Å². The Labute approximate surface area is 135 Å². The number of aryl methyl sites for hydroxylation is 2. The smallest absolute Gasteiger partial charge is 0.261 e. The number of fused-ring (bicyclic) bond motifs is 1. The summed E-state index contributed by atoms with van der Waals surface area (Å²) in [5, 5.41) is 0. The Morgan fingerprint density at radius 3 is 2.91 bits per heavy atom. The topological polar surface area (TPSA) is 59.5 Å². The molecule has 3 rings (SSSR count). The summed E-state index contributed by atoms with van der Waals surface area (Å²) in [7, 11) is 0. The van der Waals surface area contributed by atoms with Crippen molar-refractivity contribution in [1.82, 2.24) is 0 Å². The van der Waals surface area contributed by atoms with E-state index < -0.39 is 0 Å². The SMILES string of the molecule is CCc1oc(C)cc1C(=O)N1CC(CN)Cc2cc(F)ccc21. The molecule has 122 valence electrons. The number of furan rings is 1. The van der Waals surface area contributed by atoms with Crippen LogP contribution in [0.1, 0.15) is 34.4 Å². The molecule has 1 aliphatic heterocycles. The van der Waals surface area contributed by atoms with Crippen LogP contribution >= 0.6 is 0 Å². The molecule has 4 nitrogen and oxygen atoms in total. The van der Waals surface area contributed by atoms with Crippen LogP contribution in [0.5, 0.6) is 0 Å². The predicted molar refractivity (Wildman–Crippen MR) is 87.1 cm³/mol. The van der Waals surface area contributed by atoms with Gasteiger partial charge in [-0.1, -0.05) is 6.92 Å². The summed E-state index contributed by atoms with van der Waals surface area (Å²) in [6, 6.07) is 6.34. The van der Waals surface area contributed by atoms with Gasteiger partial charge >= 0.3 is 0 Å². The summed E-state index contributed by atoms with van der Waals surface area (Å²) in [6.07, 6.45) is 1.35. The fourth-order valence-corrected chi connectivity index (χ4v) is 3.21. The van der Waals surface area contributed by atoms with E-state index >= 15 is 0 Å². The molecule has 2 heterocycles. The monoisotopic (exact) mass is 316 g/mol. The molecule has 5 heteroatoms. The van der Waals surface area contributed by atoms with Crippen molar-refractivity contribution in [3.8, 4) is 0 Å². The Balaban J connectivity index is 2.03. The maximum Gasteiger partial charge on any atom is 0.261 e. The molecule has 1 aromatic carbocycles. The van der Waals surface area contributed by atoms with Crippen molar-refractivity contribution in [2.45, 2.75) is 26.7 Å². The highest BCUT2D eigenvalue weighted by atomic mass is 19.1. The summed E-state index contributed by atoms with van der Waals surface area (Å²) >= 11 is 0. The molecule has 1 unspecified atom stereocenters. The van der Waals surface area contributed by atoms with Crippen molar-refractivity contribution < 1.29 is 13.6 Å². The van der Waals surface area contributed by atoms with Crippen molar-refractivity contribution >= 4 is 11.6 Å². The fourth-order valence-electron chi connectivity index (χ4n) is 3.21. The van der Waals surface area contributed by atoms with Gasteiger partial charge in [-0.3, -0.25) is 4.79 Å². The standard InChI is InChI=1S/C18H21FN2O2/c1-3-17-15(6-11(2)23-17)18(22)21-10-12(9-20)7-13-8-14(19)4-5-16(13)21/h4-6,8,12H,3,7,9-10,20H2,1-2H3. The molecule has 1 atom stereocenters. The first-order valence-electron chi connectivity index (χ1n) is 7.93. The molecule has 1 amide bonds. The molecule has 1 aromatic heterocycles. The van der Waals surface area contributed by atoms with Gasteiger partial charge in [0.15, 0.2) is 0 Å². The van der Waals surface area contributed by atoms with Crippen molar-refractivity contribution in [3.63, 3.8) is 0 Å². The molecule has 2 aromatic rings. The molecule has 2 N–H and O–H groups in total. The third-order valence-electron chi connectivity index (χ3n) is 4.34. The van der Waals surface area contributed by atoms with E-state index in [0.717, 1.165) is 17.0 Å². The molecule has 23 heavy (non-hydrogen) atoms. The third kappa shape index (κ3) is 2.88. The van der Waals surface area contributed by atoms with E-state index in [2.05, 4.69) is 0 Å². The molecule has 0 fully saturated rings. The largest absolute Gasteiger partial charge is 0.466 e. The zero-order chi connectivity index (χ0) is 16.6. The minimum Gasteiger partial charge on any atom is -0.466 e. The lowest BCUT2D eigenvalue weighted by Gasteiger charge is -2.34. The number of hydrogen-bond acceptors (Lipinski definition) is 3. The number of amides is 1. The predicted octanol–water partition coefficient (Wildman–Crippen LogP) is 3.07. The average Bonchev–Trinajstić information content (AvgIpc) is 2.93. The number of halogens is 1. The lowest BCUT2D eigenvalue weighted by Crippen LogP contribution is -2.42. The number of hydrogen-bond donors (Lipinski definition) is 1. The molecule has 1 aliphatic rings. The third-order valence-corrected chi connectivity index (χ3v) is 4.34. The lowest BCUT2D eigenvalue weighted by molar-refractivity contribution is 0.0978. The minimum atomic E-state index is -0.290. The van der Waals surface area contributed by atoms with E-state index in [1.165, 1.54) is 12.1 Å². The lowest BCUT2D eigenvalue weighted by atomic mass is 9.92. The number of nitrogens with zero attached hydrogens (tertiary/aromatic N) is 1. The second-order valence-corrected chi connectivity index (χ2v) is 6.04. The highest BCUT2D eigenvalue weighted by Gasteiger charge is 2.30. The first-order valence-corrected chi connectivity index (χ1v) is 7.93. The van der Waals surface area contributed by atoms with Crippen LogP contribution in [0.4, 0.5) is 10.1 Å². The zero-order valence-corrected chi connectivity index (χ0v) is 13.4. The van der Waals surface area contributed by atoms with Gasteiger partial charge in [-0.25, -0.2) is 4.39 Å². The second kappa shape index (κ2) is 6.16. The number of anilines is 1. The molecule has 0 radical (unpaired) electrons. The average molecular weight is 316 g/mol. The van der Waals surface area contributed by atoms with Crippen molar-refractivity contribution in [3.05, 3.63) is 52.7 Å². The maximum atomic E-state index is 13.5. The first kappa shape index (κ1) is 15.7.